The van der Waals surface area contributed by atoms with Gasteiger partial charge in [-0.25, -0.2) is 0 Å². The maximum absolute atomic E-state index is 4.00. The van der Waals surface area contributed by atoms with Gasteiger partial charge in [0.2, 0.25) is 0 Å². The largest absolute Gasteiger partial charge is 0.311 e. The Hall–Kier alpha value is -6.18. The summed E-state index contributed by atoms with van der Waals surface area (Å²) in [5.41, 5.74) is 19.2. The molecule has 0 bridgehead atoms. The zero-order valence-corrected chi connectivity index (χ0v) is 38.5. The van der Waals surface area contributed by atoms with Crippen molar-refractivity contribution in [1.82, 2.24) is 0 Å². The first-order chi connectivity index (χ1) is 31.5. The topological polar surface area (TPSA) is 3.24 Å². The molecule has 0 fully saturated rings. The third kappa shape index (κ3) is 9.95. The summed E-state index contributed by atoms with van der Waals surface area (Å²) in [6.07, 6.45) is 21.9. The highest BCUT2D eigenvalue weighted by atomic mass is 15.1. The third-order valence-corrected chi connectivity index (χ3v) is 13.8. The van der Waals surface area contributed by atoms with Crippen LogP contribution in [-0.4, -0.2) is 0 Å². The highest BCUT2D eigenvalue weighted by Gasteiger charge is 2.42. The Morgan fingerprint density at radius 2 is 0.719 bits per heavy atom. The molecule has 0 aliphatic heterocycles. The monoisotopic (exact) mass is 838 g/mol. The number of para-hydroxylation sites is 1. The lowest BCUT2D eigenvalue weighted by atomic mass is 9.70. The molecular formula is C63H67N. The number of nitrogens with zero attached hydrogens (tertiary/aromatic N) is 1. The lowest BCUT2D eigenvalue weighted by Gasteiger charge is -2.33. The third-order valence-electron chi connectivity index (χ3n) is 13.8. The van der Waals surface area contributed by atoms with Crippen LogP contribution in [0.25, 0.3) is 56.7 Å². The fourth-order valence-electron chi connectivity index (χ4n) is 10.2. The molecule has 1 heteroatoms. The summed E-state index contributed by atoms with van der Waals surface area (Å²) in [4.78, 5) is 2.36. The smallest absolute Gasteiger partial charge is 0.0462 e. The summed E-state index contributed by atoms with van der Waals surface area (Å²) in [7, 11) is 0. The van der Waals surface area contributed by atoms with Crippen LogP contribution in [0.1, 0.15) is 126 Å². The first-order valence-electron chi connectivity index (χ1n) is 24.4. The molecule has 8 rings (SSSR count). The van der Waals surface area contributed by atoms with E-state index in [0.717, 1.165) is 28.2 Å². The zero-order chi connectivity index (χ0) is 44.1. The molecule has 0 unspecified atom stereocenters. The zero-order valence-electron chi connectivity index (χ0n) is 38.5. The first-order valence-corrected chi connectivity index (χ1v) is 24.4. The van der Waals surface area contributed by atoms with Crippen LogP contribution < -0.4 is 4.90 Å². The van der Waals surface area contributed by atoms with Gasteiger partial charge in [0.25, 0.3) is 0 Å². The molecule has 1 aliphatic carbocycles. The second-order valence-corrected chi connectivity index (χ2v) is 18.1. The summed E-state index contributed by atoms with van der Waals surface area (Å²) in [6.45, 7) is 12.6. The normalized spacial score (nSPS) is 12.4. The molecule has 64 heavy (non-hydrogen) atoms. The predicted molar refractivity (Wildman–Crippen MR) is 280 cm³/mol. The van der Waals surface area contributed by atoms with Gasteiger partial charge in [-0.3, -0.25) is 0 Å². The first kappa shape index (κ1) is 44.4. The molecule has 0 radical (unpaired) electrons. The van der Waals surface area contributed by atoms with Crippen molar-refractivity contribution >= 4 is 29.2 Å². The molecule has 0 saturated heterocycles. The minimum Gasteiger partial charge on any atom is -0.311 e. The van der Waals surface area contributed by atoms with Crippen molar-refractivity contribution in [3.8, 4) is 44.5 Å². The van der Waals surface area contributed by atoms with Gasteiger partial charge in [0.05, 0.1) is 0 Å². The van der Waals surface area contributed by atoms with Gasteiger partial charge in [-0.1, -0.05) is 231 Å². The van der Waals surface area contributed by atoms with Crippen LogP contribution >= 0.6 is 0 Å². The van der Waals surface area contributed by atoms with E-state index in [-0.39, 0.29) is 5.41 Å². The minimum absolute atomic E-state index is 0.0167. The molecule has 1 nitrogen and oxygen atoms in total. The van der Waals surface area contributed by atoms with Gasteiger partial charge in [-0.15, -0.1) is 0 Å². The predicted octanol–water partition coefficient (Wildman–Crippen LogP) is 19.2. The highest BCUT2D eigenvalue weighted by Crippen LogP contribution is 2.56. The number of hydrogen-bond donors (Lipinski definition) is 0. The van der Waals surface area contributed by atoms with Gasteiger partial charge in [-0.05, 0) is 128 Å². The van der Waals surface area contributed by atoms with Gasteiger partial charge in [0.15, 0.2) is 0 Å². The Labute approximate surface area is 385 Å². The lowest BCUT2D eigenvalue weighted by molar-refractivity contribution is 0.398. The summed E-state index contributed by atoms with van der Waals surface area (Å²) >= 11 is 0. The van der Waals surface area contributed by atoms with E-state index in [4.69, 9.17) is 0 Å². The second kappa shape index (κ2) is 21.5. The molecule has 0 heterocycles. The molecule has 0 spiro atoms. The van der Waals surface area contributed by atoms with Crippen molar-refractivity contribution in [2.24, 2.45) is 0 Å². The quantitative estimate of drug-likeness (QED) is 0.0615. The fraction of sp³-hybridized carbons (Fsp3) is 0.270. The Balaban J connectivity index is 1.15. The molecular weight excluding hydrogens is 771 g/mol. The van der Waals surface area contributed by atoms with Gasteiger partial charge in [0.1, 0.15) is 0 Å². The van der Waals surface area contributed by atoms with Crippen molar-refractivity contribution < 1.29 is 0 Å². The molecule has 0 atom stereocenters. The van der Waals surface area contributed by atoms with Gasteiger partial charge in [-0.2, -0.15) is 0 Å². The van der Waals surface area contributed by atoms with Crippen molar-refractivity contribution in [2.45, 2.75) is 109 Å². The highest BCUT2D eigenvalue weighted by molar-refractivity contribution is 5.87. The molecule has 0 N–H and O–H groups in total. The number of unbranched alkanes of at least 4 members (excludes halogenated alkanes) is 10. The Kier molecular flexibility index (Phi) is 14.9. The van der Waals surface area contributed by atoms with Crippen LogP contribution in [0.3, 0.4) is 0 Å². The number of rotatable bonds is 22. The Bertz CT molecular complexity index is 2560. The van der Waals surface area contributed by atoms with E-state index < -0.39 is 0 Å². The second-order valence-electron chi connectivity index (χ2n) is 18.1. The fourth-order valence-corrected chi connectivity index (χ4v) is 10.2. The number of anilines is 3. The summed E-state index contributed by atoms with van der Waals surface area (Å²) in [6, 6.07) is 61.2. The number of fused-ring (bicyclic) bond motifs is 3. The van der Waals surface area contributed by atoms with Crippen LogP contribution in [0.4, 0.5) is 17.1 Å². The average molecular weight is 838 g/mol. The molecule has 0 saturated carbocycles. The summed E-state index contributed by atoms with van der Waals surface area (Å²) in [5, 5.41) is 0. The van der Waals surface area contributed by atoms with Crippen LogP contribution in [0.5, 0.6) is 0 Å². The Morgan fingerprint density at radius 3 is 1.12 bits per heavy atom. The minimum atomic E-state index is -0.0167. The van der Waals surface area contributed by atoms with Crippen molar-refractivity contribution in [3.05, 3.63) is 199 Å². The van der Waals surface area contributed by atoms with Crippen molar-refractivity contribution in [3.63, 3.8) is 0 Å². The lowest BCUT2D eigenvalue weighted by Crippen LogP contribution is -2.25. The van der Waals surface area contributed by atoms with Crippen molar-refractivity contribution in [2.75, 3.05) is 4.90 Å². The number of benzene rings is 7. The molecule has 0 aromatic heterocycles. The summed E-state index contributed by atoms with van der Waals surface area (Å²) < 4.78 is 0. The molecule has 0 amide bonds. The maximum atomic E-state index is 4.00. The van der Waals surface area contributed by atoms with E-state index in [2.05, 4.69) is 196 Å². The maximum Gasteiger partial charge on any atom is 0.0462 e. The van der Waals surface area contributed by atoms with Gasteiger partial charge in [0, 0.05) is 22.5 Å². The van der Waals surface area contributed by atoms with Crippen LogP contribution in [-0.2, 0) is 5.41 Å². The van der Waals surface area contributed by atoms with Gasteiger partial charge >= 0.3 is 0 Å². The van der Waals surface area contributed by atoms with Crippen LogP contribution in [0.2, 0.25) is 0 Å². The van der Waals surface area contributed by atoms with E-state index in [1.807, 2.05) is 12.2 Å². The molecule has 7 aromatic rings. The van der Waals surface area contributed by atoms with Crippen LogP contribution in [0.15, 0.2) is 177 Å². The Morgan fingerprint density at radius 1 is 0.375 bits per heavy atom. The van der Waals surface area contributed by atoms with Crippen molar-refractivity contribution in [1.29, 1.82) is 0 Å². The molecule has 324 valence electrons. The summed E-state index contributed by atoms with van der Waals surface area (Å²) in [5.74, 6) is 0. The average Bonchev–Trinajstić information content (AvgIpc) is 3.62. The molecule has 7 aromatic carbocycles. The van der Waals surface area contributed by atoms with E-state index in [1.165, 1.54) is 140 Å². The van der Waals surface area contributed by atoms with E-state index in [0.29, 0.717) is 0 Å². The standard InChI is InChI=1S/C63H67N/c1-5-9-11-13-15-20-44-63(45-21-16-14-12-10-6-2)61-46-54(52-30-26-49(8-4)27-31-52)36-42-59(61)60-43-37-55(47-62(60)63)53-34-40-58(41-35-53)64(56-22-18-17-19-23-56)57-38-32-51(33-39-57)50-28-24-48(7-3)25-29-50/h7-8,17-19,22-43,46-47H,3-6,9-16,20-21,44-45H2,1-2H3. The number of hydrogen-bond acceptors (Lipinski definition) is 1. The molecule has 1 aliphatic rings. The van der Waals surface area contributed by atoms with E-state index >= 15 is 0 Å². The van der Waals surface area contributed by atoms with E-state index in [1.54, 1.807) is 5.56 Å². The van der Waals surface area contributed by atoms with Crippen LogP contribution in [0, 0.1) is 0 Å². The van der Waals surface area contributed by atoms with E-state index in [9.17, 15) is 0 Å². The van der Waals surface area contributed by atoms with Gasteiger partial charge < -0.3 is 4.90 Å². The SMILES string of the molecule is C=Cc1ccc(-c2ccc(N(c3ccccc3)c3ccc(-c4ccc5c(c4)C(CCCCCCCC)(CCCCCCCC)c4cc(-c6ccc(C=C)cc6)ccc4-5)cc3)cc2)cc1.